The van der Waals surface area contributed by atoms with Crippen LogP contribution in [-0.2, 0) is 4.74 Å². The highest BCUT2D eigenvalue weighted by atomic mass is 32.1. The maximum absolute atomic E-state index is 11.7. The van der Waals surface area contributed by atoms with Gasteiger partial charge >= 0.3 is 5.97 Å². The van der Waals surface area contributed by atoms with E-state index < -0.39 is 5.97 Å². The fraction of sp³-hybridized carbons (Fsp3) is 0.0588. The van der Waals surface area contributed by atoms with Gasteiger partial charge in [-0.1, -0.05) is 24.3 Å². The SMILES string of the molecule is COC(=O)c1ccccc1N/N=C(\C#N)c1nc2ccccc2s1. The first-order valence-electron chi connectivity index (χ1n) is 7.00. The molecule has 6 nitrogen and oxygen atoms in total. The van der Waals surface area contributed by atoms with Gasteiger partial charge in [-0.15, -0.1) is 11.3 Å². The summed E-state index contributed by atoms with van der Waals surface area (Å²) < 4.78 is 5.71. The van der Waals surface area contributed by atoms with Crippen molar-refractivity contribution < 1.29 is 9.53 Å². The predicted octanol–water partition coefficient (Wildman–Crippen LogP) is 3.42. The summed E-state index contributed by atoms with van der Waals surface area (Å²) in [5.74, 6) is -0.480. The number of nitrogens with one attached hydrogen (secondary N) is 1. The van der Waals surface area contributed by atoms with E-state index >= 15 is 0 Å². The first kappa shape index (κ1) is 15.6. The molecule has 118 valence electrons. The van der Waals surface area contributed by atoms with Gasteiger partial charge in [0.15, 0.2) is 10.7 Å². The highest BCUT2D eigenvalue weighted by Gasteiger charge is 2.13. The van der Waals surface area contributed by atoms with E-state index in [1.54, 1.807) is 24.3 Å². The monoisotopic (exact) mass is 336 g/mol. The van der Waals surface area contributed by atoms with Gasteiger partial charge in [-0.3, -0.25) is 5.43 Å². The molecular weight excluding hydrogens is 324 g/mol. The number of fused-ring (bicyclic) bond motifs is 1. The molecule has 1 N–H and O–H groups in total. The van der Waals surface area contributed by atoms with E-state index in [1.807, 2.05) is 30.3 Å². The molecule has 0 fully saturated rings. The minimum atomic E-state index is -0.480. The topological polar surface area (TPSA) is 87.4 Å². The quantitative estimate of drug-likeness (QED) is 0.448. The van der Waals surface area contributed by atoms with Crippen LogP contribution in [0, 0.1) is 11.3 Å². The zero-order valence-corrected chi connectivity index (χ0v) is 13.5. The number of nitrogens with zero attached hydrogens (tertiary/aromatic N) is 3. The summed E-state index contributed by atoms with van der Waals surface area (Å²) in [7, 11) is 1.31. The largest absolute Gasteiger partial charge is 0.465 e. The summed E-state index contributed by atoms with van der Waals surface area (Å²) in [5, 5.41) is 14.0. The number of hydrogen-bond acceptors (Lipinski definition) is 7. The number of hydrazone groups is 1. The number of carbonyl (C=O) groups is 1. The Morgan fingerprint density at radius 2 is 2.00 bits per heavy atom. The van der Waals surface area contributed by atoms with Crippen molar-refractivity contribution in [2.24, 2.45) is 5.10 Å². The fourth-order valence-corrected chi connectivity index (χ4v) is 2.98. The third-order valence-corrected chi connectivity index (χ3v) is 4.27. The number of thiazole rings is 1. The van der Waals surface area contributed by atoms with Gasteiger partial charge in [-0.2, -0.15) is 10.4 Å². The van der Waals surface area contributed by atoms with E-state index in [1.165, 1.54) is 18.4 Å². The van der Waals surface area contributed by atoms with Gasteiger partial charge in [0.1, 0.15) is 6.07 Å². The molecule has 2 aromatic carbocycles. The van der Waals surface area contributed by atoms with Gasteiger partial charge in [0.05, 0.1) is 28.6 Å². The van der Waals surface area contributed by atoms with Crippen LogP contribution in [0.1, 0.15) is 15.4 Å². The molecule has 3 aromatic rings. The van der Waals surface area contributed by atoms with E-state index in [2.05, 4.69) is 15.5 Å². The number of anilines is 1. The second-order valence-corrected chi connectivity index (χ2v) is 5.74. The van der Waals surface area contributed by atoms with Crippen molar-refractivity contribution >= 4 is 38.9 Å². The Balaban J connectivity index is 1.92. The third-order valence-electron chi connectivity index (χ3n) is 3.22. The molecule has 0 aliphatic carbocycles. The number of nitriles is 1. The molecule has 0 aliphatic rings. The lowest BCUT2D eigenvalue weighted by atomic mass is 10.2. The van der Waals surface area contributed by atoms with Crippen molar-refractivity contribution in [2.75, 3.05) is 12.5 Å². The molecule has 0 aliphatic heterocycles. The normalized spacial score (nSPS) is 11.1. The van der Waals surface area contributed by atoms with Gasteiger partial charge in [0.2, 0.25) is 0 Å². The lowest BCUT2D eigenvalue weighted by Crippen LogP contribution is -2.07. The Kier molecular flexibility index (Phi) is 4.50. The van der Waals surface area contributed by atoms with E-state index in [9.17, 15) is 10.1 Å². The van der Waals surface area contributed by atoms with Crippen LogP contribution in [-0.4, -0.2) is 23.8 Å². The van der Waals surface area contributed by atoms with Gasteiger partial charge in [-0.05, 0) is 24.3 Å². The van der Waals surface area contributed by atoms with Crippen LogP contribution in [0.2, 0.25) is 0 Å². The molecule has 3 rings (SSSR count). The van der Waals surface area contributed by atoms with Gasteiger partial charge in [-0.25, -0.2) is 9.78 Å². The Bertz CT molecular complexity index is 939. The zero-order valence-electron chi connectivity index (χ0n) is 12.7. The van der Waals surface area contributed by atoms with Crippen LogP contribution in [0.3, 0.4) is 0 Å². The van der Waals surface area contributed by atoms with Gasteiger partial charge in [0, 0.05) is 0 Å². The van der Waals surface area contributed by atoms with E-state index in [0.29, 0.717) is 16.3 Å². The summed E-state index contributed by atoms with van der Waals surface area (Å²) in [6.45, 7) is 0. The van der Waals surface area contributed by atoms with Crippen molar-refractivity contribution in [3.63, 3.8) is 0 Å². The molecule has 0 amide bonds. The highest BCUT2D eigenvalue weighted by Crippen LogP contribution is 2.22. The van der Waals surface area contributed by atoms with Gasteiger partial charge < -0.3 is 4.74 Å². The Hall–Kier alpha value is -3.24. The molecular formula is C17H12N4O2S. The van der Waals surface area contributed by atoms with Crippen LogP contribution in [0.4, 0.5) is 5.69 Å². The highest BCUT2D eigenvalue weighted by molar-refractivity contribution is 7.20. The lowest BCUT2D eigenvalue weighted by Gasteiger charge is -2.06. The molecule has 7 heteroatoms. The van der Waals surface area contributed by atoms with Crippen molar-refractivity contribution in [2.45, 2.75) is 0 Å². The number of carbonyl (C=O) groups excluding carboxylic acids is 1. The van der Waals surface area contributed by atoms with Crippen molar-refractivity contribution in [1.82, 2.24) is 4.98 Å². The van der Waals surface area contributed by atoms with Crippen molar-refractivity contribution in [1.29, 1.82) is 5.26 Å². The summed E-state index contributed by atoms with van der Waals surface area (Å²) in [5.41, 5.74) is 4.51. The summed E-state index contributed by atoms with van der Waals surface area (Å²) in [6, 6.07) is 16.4. The fourth-order valence-electron chi connectivity index (χ4n) is 2.08. The number of esters is 1. The molecule has 0 bridgehead atoms. The van der Waals surface area contributed by atoms with Crippen LogP contribution >= 0.6 is 11.3 Å². The molecule has 1 heterocycles. The van der Waals surface area contributed by atoms with E-state index in [-0.39, 0.29) is 5.71 Å². The minimum absolute atomic E-state index is 0.149. The lowest BCUT2D eigenvalue weighted by molar-refractivity contribution is 0.0602. The number of ether oxygens (including phenoxy) is 1. The summed E-state index contributed by atoms with van der Waals surface area (Å²) in [6.07, 6.45) is 0. The van der Waals surface area contributed by atoms with Gasteiger partial charge in [0.25, 0.3) is 0 Å². The Morgan fingerprint density at radius 1 is 1.25 bits per heavy atom. The average molecular weight is 336 g/mol. The molecule has 24 heavy (non-hydrogen) atoms. The molecule has 0 saturated carbocycles. The Morgan fingerprint density at radius 3 is 2.75 bits per heavy atom. The molecule has 0 saturated heterocycles. The van der Waals surface area contributed by atoms with Crippen LogP contribution in [0.5, 0.6) is 0 Å². The average Bonchev–Trinajstić information content (AvgIpc) is 3.06. The Labute approximate surface area is 142 Å². The van der Waals surface area contributed by atoms with Crippen LogP contribution < -0.4 is 5.43 Å². The number of para-hydroxylation sites is 2. The predicted molar refractivity (Wildman–Crippen MR) is 93.2 cm³/mol. The second kappa shape index (κ2) is 6.89. The zero-order chi connectivity index (χ0) is 16.9. The molecule has 0 atom stereocenters. The maximum atomic E-state index is 11.7. The number of rotatable bonds is 4. The number of benzene rings is 2. The van der Waals surface area contributed by atoms with Crippen LogP contribution in [0.25, 0.3) is 10.2 Å². The maximum Gasteiger partial charge on any atom is 0.340 e. The number of aromatic nitrogens is 1. The smallest absolute Gasteiger partial charge is 0.340 e. The van der Waals surface area contributed by atoms with Crippen molar-refractivity contribution in [3.8, 4) is 6.07 Å². The summed E-state index contributed by atoms with van der Waals surface area (Å²) >= 11 is 1.38. The minimum Gasteiger partial charge on any atom is -0.465 e. The van der Waals surface area contributed by atoms with Crippen molar-refractivity contribution in [3.05, 3.63) is 59.1 Å². The van der Waals surface area contributed by atoms with E-state index in [0.717, 1.165) is 10.2 Å². The molecule has 1 aromatic heterocycles. The first-order chi connectivity index (χ1) is 11.7. The number of methoxy groups -OCH3 is 1. The molecule has 0 radical (unpaired) electrons. The second-order valence-electron chi connectivity index (χ2n) is 4.71. The van der Waals surface area contributed by atoms with E-state index in [4.69, 9.17) is 4.74 Å². The number of hydrogen-bond donors (Lipinski definition) is 1. The third kappa shape index (κ3) is 3.09. The first-order valence-corrected chi connectivity index (χ1v) is 7.81. The standard InChI is InChI=1S/C17H12N4O2S/c1-23-17(22)11-6-2-3-7-12(11)20-21-14(10-18)16-19-13-8-4-5-9-15(13)24-16/h2-9,20H,1H3/b21-14+. The van der Waals surface area contributed by atoms with Crippen LogP contribution in [0.15, 0.2) is 53.6 Å². The molecule has 0 unspecified atom stereocenters. The molecule has 0 spiro atoms. The summed E-state index contributed by atoms with van der Waals surface area (Å²) in [4.78, 5) is 16.2.